The maximum absolute atomic E-state index is 13.6. The lowest BCUT2D eigenvalue weighted by molar-refractivity contribution is -0.138. The van der Waals surface area contributed by atoms with Crippen LogP contribution in [0.5, 0.6) is 0 Å². The van der Waals surface area contributed by atoms with Crippen molar-refractivity contribution in [3.8, 4) is 0 Å². The summed E-state index contributed by atoms with van der Waals surface area (Å²) in [6.07, 6.45) is 5.78. The number of rotatable bonds is 3. The second kappa shape index (κ2) is 8.88. The Morgan fingerprint density at radius 1 is 1.10 bits per heavy atom. The van der Waals surface area contributed by atoms with E-state index >= 15 is 0 Å². The van der Waals surface area contributed by atoms with Crippen molar-refractivity contribution in [1.82, 2.24) is 14.7 Å². The molecule has 2 aromatic rings. The van der Waals surface area contributed by atoms with Crippen molar-refractivity contribution in [3.63, 3.8) is 0 Å². The second-order valence-electron chi connectivity index (χ2n) is 9.07. The fourth-order valence-electron chi connectivity index (χ4n) is 5.28. The fraction of sp³-hybridized carbons (Fsp3) is 0.583. The molecule has 3 aliphatic rings. The van der Waals surface area contributed by atoms with Crippen molar-refractivity contribution in [2.24, 2.45) is 0 Å². The predicted molar refractivity (Wildman–Crippen MR) is 123 cm³/mol. The maximum atomic E-state index is 13.6. The minimum Gasteiger partial charge on any atom is -0.371 e. The Kier molecular flexibility index (Phi) is 5.99. The van der Waals surface area contributed by atoms with Crippen LogP contribution in [0.1, 0.15) is 53.4 Å². The molecule has 3 fully saturated rings. The number of morpholine rings is 1. The molecule has 166 valence electrons. The molecule has 1 atom stereocenters. The van der Waals surface area contributed by atoms with Crippen molar-refractivity contribution >= 4 is 33.2 Å². The van der Waals surface area contributed by atoms with E-state index in [2.05, 4.69) is 24.1 Å². The highest BCUT2D eigenvalue weighted by atomic mass is 32.1. The average Bonchev–Trinajstić information content (AvgIpc) is 3.19. The monoisotopic (exact) mass is 441 g/mol. The number of benzene rings is 1. The Morgan fingerprint density at radius 2 is 1.90 bits per heavy atom. The van der Waals surface area contributed by atoms with Crippen LogP contribution in [0.25, 0.3) is 10.1 Å². The van der Waals surface area contributed by atoms with Crippen molar-refractivity contribution in [3.05, 3.63) is 34.7 Å². The largest absolute Gasteiger partial charge is 0.371 e. The smallest absolute Gasteiger partial charge is 0.264 e. The second-order valence-corrected chi connectivity index (χ2v) is 10.1. The van der Waals surface area contributed by atoms with Gasteiger partial charge in [0.2, 0.25) is 5.91 Å². The molecular formula is C24H31N3O3S. The van der Waals surface area contributed by atoms with Gasteiger partial charge in [-0.15, -0.1) is 11.3 Å². The fourth-order valence-corrected chi connectivity index (χ4v) is 6.50. The van der Waals surface area contributed by atoms with Crippen LogP contribution in [0.2, 0.25) is 0 Å². The molecule has 0 bridgehead atoms. The third kappa shape index (κ3) is 4.11. The maximum Gasteiger partial charge on any atom is 0.264 e. The number of ether oxygens (including phenoxy) is 1. The first-order chi connectivity index (χ1) is 15.1. The number of piperazine rings is 1. The zero-order valence-corrected chi connectivity index (χ0v) is 19.0. The minimum absolute atomic E-state index is 0.0235. The highest BCUT2D eigenvalue weighted by Crippen LogP contribution is 2.39. The van der Waals surface area contributed by atoms with Crippen molar-refractivity contribution in [2.75, 3.05) is 46.4 Å². The first-order valence-corrected chi connectivity index (χ1v) is 12.3. The minimum atomic E-state index is -0.118. The molecule has 2 saturated heterocycles. The zero-order valence-electron chi connectivity index (χ0n) is 18.2. The van der Waals surface area contributed by atoms with Crippen LogP contribution in [0.3, 0.4) is 0 Å². The third-order valence-corrected chi connectivity index (χ3v) is 8.15. The van der Waals surface area contributed by atoms with Crippen LogP contribution in [-0.2, 0) is 9.53 Å². The number of amides is 2. The molecule has 0 radical (unpaired) electrons. The van der Waals surface area contributed by atoms with E-state index in [1.807, 2.05) is 17.0 Å². The van der Waals surface area contributed by atoms with Gasteiger partial charge in [-0.05, 0) is 31.3 Å². The molecule has 3 heterocycles. The number of fused-ring (bicyclic) bond motifs is 1. The van der Waals surface area contributed by atoms with Crippen LogP contribution in [0.15, 0.2) is 24.3 Å². The molecule has 7 heteroatoms. The number of nitrogens with zero attached hydrogens (tertiary/aromatic N) is 3. The number of likely N-dealkylation sites (N-methyl/N-ethyl adjacent to an activating group) is 1. The lowest BCUT2D eigenvalue weighted by atomic mass is 9.93. The van der Waals surface area contributed by atoms with Crippen LogP contribution in [0, 0.1) is 0 Å². The third-order valence-electron chi connectivity index (χ3n) is 6.98. The van der Waals surface area contributed by atoms with E-state index in [1.54, 1.807) is 4.90 Å². The van der Waals surface area contributed by atoms with Gasteiger partial charge in [0.1, 0.15) is 6.54 Å². The summed E-state index contributed by atoms with van der Waals surface area (Å²) < 4.78 is 7.22. The number of carbonyl (C=O) groups excluding carboxylic acids is 2. The van der Waals surface area contributed by atoms with Crippen molar-refractivity contribution < 1.29 is 14.3 Å². The molecule has 6 nitrogen and oxygen atoms in total. The van der Waals surface area contributed by atoms with Gasteiger partial charge in [0.25, 0.3) is 5.91 Å². The summed E-state index contributed by atoms with van der Waals surface area (Å²) >= 11 is 1.54. The van der Waals surface area contributed by atoms with Gasteiger partial charge < -0.3 is 19.4 Å². The summed E-state index contributed by atoms with van der Waals surface area (Å²) in [4.78, 5) is 33.4. The van der Waals surface area contributed by atoms with E-state index < -0.39 is 0 Å². The summed E-state index contributed by atoms with van der Waals surface area (Å²) in [5.74, 6) is 0.0764. The van der Waals surface area contributed by atoms with E-state index in [0.29, 0.717) is 25.7 Å². The number of carbonyl (C=O) groups is 2. The molecule has 1 saturated carbocycles. The Balaban J connectivity index is 1.40. The molecule has 2 amide bonds. The molecule has 0 N–H and O–H groups in total. The molecule has 1 aromatic heterocycles. The highest BCUT2D eigenvalue weighted by Gasteiger charge is 2.35. The predicted octanol–water partition coefficient (Wildman–Crippen LogP) is 3.52. The molecule has 1 unspecified atom stereocenters. The molecule has 1 aromatic carbocycles. The van der Waals surface area contributed by atoms with Crippen molar-refractivity contribution in [1.29, 1.82) is 0 Å². The Morgan fingerprint density at radius 3 is 2.68 bits per heavy atom. The lowest BCUT2D eigenvalue weighted by Crippen LogP contribution is -2.55. The summed E-state index contributed by atoms with van der Waals surface area (Å²) in [5.41, 5.74) is 0.999. The highest BCUT2D eigenvalue weighted by molar-refractivity contribution is 7.21. The molecular weight excluding hydrogens is 410 g/mol. The van der Waals surface area contributed by atoms with Gasteiger partial charge in [-0.3, -0.25) is 9.59 Å². The van der Waals surface area contributed by atoms with Gasteiger partial charge in [0, 0.05) is 42.5 Å². The van der Waals surface area contributed by atoms with E-state index in [9.17, 15) is 9.59 Å². The normalized spacial score (nSPS) is 24.2. The van der Waals surface area contributed by atoms with Gasteiger partial charge in [-0.1, -0.05) is 37.5 Å². The van der Waals surface area contributed by atoms with Gasteiger partial charge >= 0.3 is 0 Å². The van der Waals surface area contributed by atoms with Crippen LogP contribution < -0.4 is 0 Å². The van der Waals surface area contributed by atoms with E-state index in [1.165, 1.54) is 30.6 Å². The standard InChI is InChI=1S/C24H31N3O3S/c1-25-13-14-30-19(15-25)22-18-9-5-6-10-20(18)31-23(22)24(29)26-11-12-27(21(28)16-26)17-7-3-2-4-8-17/h5-6,9-10,17,19H,2-4,7-8,11-16H2,1H3. The van der Waals surface area contributed by atoms with E-state index in [-0.39, 0.29) is 24.5 Å². The zero-order chi connectivity index (χ0) is 21.4. The van der Waals surface area contributed by atoms with Gasteiger partial charge in [-0.2, -0.15) is 0 Å². The van der Waals surface area contributed by atoms with Gasteiger partial charge in [0.05, 0.1) is 17.6 Å². The summed E-state index contributed by atoms with van der Waals surface area (Å²) in [6, 6.07) is 8.55. The lowest BCUT2D eigenvalue weighted by Gasteiger charge is -2.40. The van der Waals surface area contributed by atoms with E-state index in [4.69, 9.17) is 4.74 Å². The molecule has 5 rings (SSSR count). The van der Waals surface area contributed by atoms with Gasteiger partial charge in [-0.25, -0.2) is 0 Å². The first kappa shape index (κ1) is 20.9. The summed E-state index contributed by atoms with van der Waals surface area (Å²) in [5, 5.41) is 1.10. The quantitative estimate of drug-likeness (QED) is 0.731. The van der Waals surface area contributed by atoms with Gasteiger partial charge in [0.15, 0.2) is 0 Å². The summed E-state index contributed by atoms with van der Waals surface area (Å²) in [6.45, 7) is 3.79. The number of hydrogen-bond acceptors (Lipinski definition) is 5. The molecule has 2 aliphatic heterocycles. The SMILES string of the molecule is CN1CCOC(c2c(C(=O)N3CCN(C4CCCCC4)C(=O)C3)sc3ccccc23)C1. The van der Waals surface area contributed by atoms with Crippen LogP contribution in [-0.4, -0.2) is 78.9 Å². The van der Waals surface area contributed by atoms with Crippen LogP contribution >= 0.6 is 11.3 Å². The number of hydrogen-bond donors (Lipinski definition) is 0. The van der Waals surface area contributed by atoms with Crippen LogP contribution in [0.4, 0.5) is 0 Å². The number of thiophene rings is 1. The molecule has 31 heavy (non-hydrogen) atoms. The Bertz CT molecular complexity index is 968. The molecule has 1 aliphatic carbocycles. The van der Waals surface area contributed by atoms with Crippen molar-refractivity contribution in [2.45, 2.75) is 44.2 Å². The average molecular weight is 442 g/mol. The molecule has 0 spiro atoms. The Hall–Kier alpha value is -1.96. The Labute approximate surface area is 187 Å². The van der Waals surface area contributed by atoms with E-state index in [0.717, 1.165) is 46.5 Å². The first-order valence-electron chi connectivity index (χ1n) is 11.5. The topological polar surface area (TPSA) is 53.1 Å². The summed E-state index contributed by atoms with van der Waals surface area (Å²) in [7, 11) is 2.09.